The van der Waals surface area contributed by atoms with E-state index < -0.39 is 0 Å². The summed E-state index contributed by atoms with van der Waals surface area (Å²) in [5.41, 5.74) is -0.0147. The van der Waals surface area contributed by atoms with E-state index in [0.29, 0.717) is 18.2 Å². The third-order valence-corrected chi connectivity index (χ3v) is 4.03. The Bertz CT molecular complexity index is 427. The highest BCUT2D eigenvalue weighted by Gasteiger charge is 2.33. The van der Waals surface area contributed by atoms with Crippen LogP contribution >= 0.6 is 11.6 Å². The molecule has 1 aliphatic rings. The lowest BCUT2D eigenvalue weighted by atomic mass is 9.83. The summed E-state index contributed by atoms with van der Waals surface area (Å²) >= 11 is 6.05. The highest BCUT2D eigenvalue weighted by molar-refractivity contribution is 6.18. The fraction of sp³-hybridized carbons (Fsp3) is 0.692. The van der Waals surface area contributed by atoms with Crippen LogP contribution in [0, 0.1) is 0 Å². The Kier molecular flexibility index (Phi) is 4.82. The quantitative estimate of drug-likeness (QED) is 0.845. The number of aromatic nitrogens is 1. The second-order valence-electron chi connectivity index (χ2n) is 5.04. The van der Waals surface area contributed by atoms with Crippen LogP contribution in [0.4, 0.5) is 0 Å². The largest absolute Gasteiger partial charge is 0.377 e. The first-order valence-electron chi connectivity index (χ1n) is 6.52. The zero-order valence-electron chi connectivity index (χ0n) is 11.1. The predicted octanol–water partition coefficient (Wildman–Crippen LogP) is 2.49. The number of alkyl halides is 1. The van der Waals surface area contributed by atoms with Gasteiger partial charge < -0.3 is 14.6 Å². The van der Waals surface area contributed by atoms with Crippen molar-refractivity contribution in [2.45, 2.75) is 44.2 Å². The van der Waals surface area contributed by atoms with Gasteiger partial charge in [-0.25, -0.2) is 0 Å². The standard InChI is InChI=1S/C13H19ClN2O3/c1-18-8-10-7-11(16-19-10)12(17)15-13(9-14)5-3-2-4-6-13/h7H,2-6,8-9H2,1H3,(H,15,17). The summed E-state index contributed by atoms with van der Waals surface area (Å²) in [7, 11) is 1.56. The molecule has 2 rings (SSSR count). The van der Waals surface area contributed by atoms with E-state index in [1.807, 2.05) is 0 Å². The summed E-state index contributed by atoms with van der Waals surface area (Å²) in [5.74, 6) is 0.742. The fourth-order valence-electron chi connectivity index (χ4n) is 2.46. The van der Waals surface area contributed by atoms with E-state index in [2.05, 4.69) is 10.5 Å². The van der Waals surface area contributed by atoms with Gasteiger partial charge in [0.15, 0.2) is 11.5 Å². The lowest BCUT2D eigenvalue weighted by Crippen LogP contribution is -2.51. The highest BCUT2D eigenvalue weighted by Crippen LogP contribution is 2.29. The van der Waals surface area contributed by atoms with E-state index in [-0.39, 0.29) is 17.1 Å². The lowest BCUT2D eigenvalue weighted by Gasteiger charge is -2.36. The van der Waals surface area contributed by atoms with Gasteiger partial charge in [0.2, 0.25) is 0 Å². The van der Waals surface area contributed by atoms with Crippen molar-refractivity contribution in [1.82, 2.24) is 10.5 Å². The first-order valence-corrected chi connectivity index (χ1v) is 7.05. The van der Waals surface area contributed by atoms with Crippen LogP contribution in [0.15, 0.2) is 10.6 Å². The summed E-state index contributed by atoms with van der Waals surface area (Å²) in [6.07, 6.45) is 5.24. The second-order valence-corrected chi connectivity index (χ2v) is 5.31. The lowest BCUT2D eigenvalue weighted by molar-refractivity contribution is 0.0874. The minimum absolute atomic E-state index is 0.228. The van der Waals surface area contributed by atoms with Crippen molar-refractivity contribution >= 4 is 17.5 Å². The third kappa shape index (κ3) is 3.48. The molecule has 19 heavy (non-hydrogen) atoms. The summed E-state index contributed by atoms with van der Waals surface area (Å²) in [5, 5.41) is 6.78. The van der Waals surface area contributed by atoms with Gasteiger partial charge >= 0.3 is 0 Å². The van der Waals surface area contributed by atoms with Crippen molar-refractivity contribution in [3.05, 3.63) is 17.5 Å². The average molecular weight is 287 g/mol. The summed E-state index contributed by atoms with van der Waals surface area (Å²) in [4.78, 5) is 12.2. The van der Waals surface area contributed by atoms with Crippen LogP contribution in [0.5, 0.6) is 0 Å². The van der Waals surface area contributed by atoms with Crippen molar-refractivity contribution in [2.24, 2.45) is 0 Å². The number of nitrogens with zero attached hydrogens (tertiary/aromatic N) is 1. The monoisotopic (exact) mass is 286 g/mol. The smallest absolute Gasteiger partial charge is 0.273 e. The minimum atomic E-state index is -0.294. The molecule has 0 atom stereocenters. The highest BCUT2D eigenvalue weighted by atomic mass is 35.5. The van der Waals surface area contributed by atoms with Crippen LogP contribution in [0.2, 0.25) is 0 Å². The Balaban J connectivity index is 2.02. The molecular weight excluding hydrogens is 268 g/mol. The molecule has 0 bridgehead atoms. The first kappa shape index (κ1) is 14.3. The maximum atomic E-state index is 12.2. The van der Waals surface area contributed by atoms with Crippen LogP contribution in [0.25, 0.3) is 0 Å². The molecule has 1 amide bonds. The number of nitrogens with one attached hydrogen (secondary N) is 1. The van der Waals surface area contributed by atoms with E-state index in [9.17, 15) is 4.79 Å². The number of rotatable bonds is 5. The molecule has 0 spiro atoms. The molecule has 1 aromatic rings. The predicted molar refractivity (Wildman–Crippen MR) is 71.2 cm³/mol. The number of methoxy groups -OCH3 is 1. The van der Waals surface area contributed by atoms with Crippen LogP contribution in [0.3, 0.4) is 0 Å². The Morgan fingerprint density at radius 3 is 2.89 bits per heavy atom. The van der Waals surface area contributed by atoms with E-state index in [0.717, 1.165) is 25.7 Å². The molecule has 1 N–H and O–H groups in total. The number of carbonyl (C=O) groups is 1. The molecule has 5 nitrogen and oxygen atoms in total. The Hall–Kier alpha value is -1.07. The number of ether oxygens (including phenoxy) is 1. The van der Waals surface area contributed by atoms with Crippen molar-refractivity contribution in [2.75, 3.05) is 13.0 Å². The molecule has 0 radical (unpaired) electrons. The van der Waals surface area contributed by atoms with Crippen LogP contribution in [-0.2, 0) is 11.3 Å². The maximum absolute atomic E-state index is 12.2. The van der Waals surface area contributed by atoms with E-state index in [1.165, 1.54) is 6.42 Å². The van der Waals surface area contributed by atoms with Gasteiger partial charge in [-0.3, -0.25) is 4.79 Å². The zero-order valence-corrected chi connectivity index (χ0v) is 11.8. The van der Waals surface area contributed by atoms with Crippen LogP contribution < -0.4 is 5.32 Å². The number of hydrogen-bond acceptors (Lipinski definition) is 4. The van der Waals surface area contributed by atoms with E-state index in [4.69, 9.17) is 20.9 Å². The molecule has 0 aromatic carbocycles. The molecule has 1 fully saturated rings. The van der Waals surface area contributed by atoms with Crippen LogP contribution in [0.1, 0.15) is 48.4 Å². The summed E-state index contributed by atoms with van der Waals surface area (Å²) in [6.45, 7) is 0.306. The topological polar surface area (TPSA) is 64.4 Å². The first-order chi connectivity index (χ1) is 9.19. The molecule has 0 unspecified atom stereocenters. The Labute approximate surface area is 117 Å². The molecule has 1 heterocycles. The molecule has 1 aromatic heterocycles. The number of halogens is 1. The third-order valence-electron chi connectivity index (χ3n) is 3.52. The molecule has 1 saturated carbocycles. The van der Waals surface area contributed by atoms with E-state index in [1.54, 1.807) is 13.2 Å². The molecule has 0 saturated heterocycles. The Morgan fingerprint density at radius 1 is 1.53 bits per heavy atom. The number of carbonyl (C=O) groups excluding carboxylic acids is 1. The Morgan fingerprint density at radius 2 is 2.26 bits per heavy atom. The van der Waals surface area contributed by atoms with Crippen molar-refractivity contribution < 1.29 is 14.1 Å². The maximum Gasteiger partial charge on any atom is 0.273 e. The second kappa shape index (κ2) is 6.39. The fourth-order valence-corrected chi connectivity index (χ4v) is 2.79. The molecular formula is C13H19ClN2O3. The summed E-state index contributed by atoms with van der Waals surface area (Å²) < 4.78 is 9.94. The minimum Gasteiger partial charge on any atom is -0.377 e. The number of hydrogen-bond donors (Lipinski definition) is 1. The van der Waals surface area contributed by atoms with Gasteiger partial charge in [-0.05, 0) is 12.8 Å². The normalized spacial score (nSPS) is 18.2. The van der Waals surface area contributed by atoms with Gasteiger partial charge in [0.1, 0.15) is 6.61 Å². The summed E-state index contributed by atoms with van der Waals surface area (Å²) in [6, 6.07) is 1.60. The molecule has 6 heteroatoms. The van der Waals surface area contributed by atoms with Gasteiger partial charge in [-0.1, -0.05) is 24.4 Å². The van der Waals surface area contributed by atoms with Crippen molar-refractivity contribution in [1.29, 1.82) is 0 Å². The van der Waals surface area contributed by atoms with Gasteiger partial charge in [0.05, 0.1) is 5.54 Å². The van der Waals surface area contributed by atoms with Gasteiger partial charge in [0.25, 0.3) is 5.91 Å². The molecule has 0 aliphatic heterocycles. The molecule has 1 aliphatic carbocycles. The van der Waals surface area contributed by atoms with Gasteiger partial charge in [-0.2, -0.15) is 0 Å². The van der Waals surface area contributed by atoms with Crippen molar-refractivity contribution in [3.8, 4) is 0 Å². The van der Waals surface area contributed by atoms with Gasteiger partial charge in [-0.15, -0.1) is 11.6 Å². The SMILES string of the molecule is COCc1cc(C(=O)NC2(CCl)CCCCC2)no1. The number of amides is 1. The van der Waals surface area contributed by atoms with Crippen molar-refractivity contribution in [3.63, 3.8) is 0 Å². The average Bonchev–Trinajstić information content (AvgIpc) is 2.89. The van der Waals surface area contributed by atoms with Crippen LogP contribution in [-0.4, -0.2) is 29.6 Å². The molecule has 106 valence electrons. The zero-order chi connectivity index (χ0) is 13.7. The van der Waals surface area contributed by atoms with E-state index >= 15 is 0 Å². The van der Waals surface area contributed by atoms with Gasteiger partial charge in [0, 0.05) is 19.1 Å².